The van der Waals surface area contributed by atoms with E-state index in [0.717, 1.165) is 10.0 Å². The van der Waals surface area contributed by atoms with Gasteiger partial charge in [-0.3, -0.25) is 4.79 Å². The smallest absolute Gasteiger partial charge is 0.340 e. The van der Waals surface area contributed by atoms with Gasteiger partial charge in [0.2, 0.25) is 6.04 Å². The number of nitrogens with zero attached hydrogens (tertiary/aromatic N) is 2. The predicted molar refractivity (Wildman–Crippen MR) is 74.5 cm³/mol. The average Bonchev–Trinajstić information content (AvgIpc) is 2.31. The van der Waals surface area contributed by atoms with Crippen molar-refractivity contribution in [3.05, 3.63) is 28.2 Å². The summed E-state index contributed by atoms with van der Waals surface area (Å²) in [5, 5.41) is 7.74. The van der Waals surface area contributed by atoms with E-state index in [1.54, 1.807) is 13.0 Å². The molecule has 1 aromatic carbocycles. The SMILES string of the molecule is CCOC(=O)C(N=Nc1ccc(Br)cc1C)C(C)=O. The third-order valence-electron chi connectivity index (χ3n) is 2.33. The van der Waals surface area contributed by atoms with Crippen LogP contribution in [-0.2, 0) is 14.3 Å². The van der Waals surface area contributed by atoms with Crippen molar-refractivity contribution in [3.63, 3.8) is 0 Å². The second kappa shape index (κ2) is 7.13. The van der Waals surface area contributed by atoms with E-state index in [1.165, 1.54) is 6.92 Å². The van der Waals surface area contributed by atoms with Crippen LogP contribution < -0.4 is 0 Å². The van der Waals surface area contributed by atoms with Crippen molar-refractivity contribution >= 4 is 33.4 Å². The summed E-state index contributed by atoms with van der Waals surface area (Å²) in [6.07, 6.45) is 0. The first-order valence-electron chi connectivity index (χ1n) is 5.79. The number of benzene rings is 1. The van der Waals surface area contributed by atoms with Gasteiger partial charge in [-0.2, -0.15) is 10.2 Å². The molecule has 1 rings (SSSR count). The predicted octanol–water partition coefficient (Wildman–Crippen LogP) is 3.36. The van der Waals surface area contributed by atoms with E-state index in [-0.39, 0.29) is 6.61 Å². The maximum absolute atomic E-state index is 11.5. The first kappa shape index (κ1) is 15.5. The summed E-state index contributed by atoms with van der Waals surface area (Å²) in [6, 6.07) is 4.25. The van der Waals surface area contributed by atoms with Crippen molar-refractivity contribution < 1.29 is 14.3 Å². The molecule has 0 saturated carbocycles. The van der Waals surface area contributed by atoms with Gasteiger partial charge in [-0.05, 0) is 44.5 Å². The second-order valence-corrected chi connectivity index (χ2v) is 4.83. The fraction of sp³-hybridized carbons (Fsp3) is 0.385. The molecule has 0 aliphatic rings. The molecule has 0 bridgehead atoms. The Labute approximate surface area is 120 Å². The number of Topliss-reactive ketones (excluding diaryl/α,β-unsaturated/α-hetero) is 1. The highest BCUT2D eigenvalue weighted by molar-refractivity contribution is 9.10. The van der Waals surface area contributed by atoms with Crippen LogP contribution in [0.3, 0.4) is 0 Å². The molecule has 0 aliphatic heterocycles. The molecule has 0 spiro atoms. The standard InChI is InChI=1S/C13H15BrN2O3/c1-4-19-13(18)12(9(3)17)16-15-11-6-5-10(14)7-8(11)2/h5-7,12H,4H2,1-3H3. The number of ketones is 1. The summed E-state index contributed by atoms with van der Waals surface area (Å²) in [4.78, 5) is 22.9. The number of hydrogen-bond acceptors (Lipinski definition) is 5. The van der Waals surface area contributed by atoms with Gasteiger partial charge in [0.05, 0.1) is 12.3 Å². The van der Waals surface area contributed by atoms with E-state index in [1.807, 2.05) is 19.1 Å². The molecule has 0 amide bonds. The van der Waals surface area contributed by atoms with Gasteiger partial charge in [-0.15, -0.1) is 0 Å². The summed E-state index contributed by atoms with van der Waals surface area (Å²) < 4.78 is 5.71. The maximum atomic E-state index is 11.5. The number of azo groups is 1. The van der Waals surface area contributed by atoms with Crippen molar-refractivity contribution in [1.82, 2.24) is 0 Å². The Morgan fingerprint density at radius 1 is 1.42 bits per heavy atom. The van der Waals surface area contributed by atoms with Crippen LogP contribution in [0.5, 0.6) is 0 Å². The van der Waals surface area contributed by atoms with Crippen molar-refractivity contribution in [2.45, 2.75) is 26.8 Å². The highest BCUT2D eigenvalue weighted by Crippen LogP contribution is 2.23. The minimum Gasteiger partial charge on any atom is -0.464 e. The van der Waals surface area contributed by atoms with Gasteiger partial charge < -0.3 is 4.74 Å². The molecule has 19 heavy (non-hydrogen) atoms. The number of esters is 1. The highest BCUT2D eigenvalue weighted by Gasteiger charge is 2.24. The molecular formula is C13H15BrN2O3. The van der Waals surface area contributed by atoms with Gasteiger partial charge in [0, 0.05) is 4.47 Å². The zero-order chi connectivity index (χ0) is 14.4. The Kier molecular flexibility index (Phi) is 5.82. The lowest BCUT2D eigenvalue weighted by molar-refractivity contribution is -0.147. The molecule has 1 atom stereocenters. The van der Waals surface area contributed by atoms with E-state index in [2.05, 4.69) is 26.2 Å². The number of hydrogen-bond donors (Lipinski definition) is 0. The minimum atomic E-state index is -1.19. The zero-order valence-corrected chi connectivity index (χ0v) is 12.6. The van der Waals surface area contributed by atoms with Crippen molar-refractivity contribution in [2.24, 2.45) is 10.2 Å². The quantitative estimate of drug-likeness (QED) is 0.473. The number of rotatable bonds is 5. The Hall–Kier alpha value is -1.56. The molecule has 102 valence electrons. The van der Waals surface area contributed by atoms with Gasteiger partial charge in [0.25, 0.3) is 0 Å². The lowest BCUT2D eigenvalue weighted by Gasteiger charge is -2.07. The Morgan fingerprint density at radius 3 is 2.63 bits per heavy atom. The van der Waals surface area contributed by atoms with Gasteiger partial charge in [-0.25, -0.2) is 4.79 Å². The molecule has 1 aromatic rings. The summed E-state index contributed by atoms with van der Waals surface area (Å²) in [7, 11) is 0. The molecule has 6 heteroatoms. The highest BCUT2D eigenvalue weighted by atomic mass is 79.9. The number of carbonyl (C=O) groups is 2. The molecule has 0 aromatic heterocycles. The van der Waals surface area contributed by atoms with Gasteiger partial charge in [0.15, 0.2) is 5.78 Å². The number of carbonyl (C=O) groups excluding carboxylic acids is 2. The van der Waals surface area contributed by atoms with E-state index >= 15 is 0 Å². The molecule has 0 radical (unpaired) electrons. The Morgan fingerprint density at radius 2 is 2.11 bits per heavy atom. The maximum Gasteiger partial charge on any atom is 0.340 e. The van der Waals surface area contributed by atoms with E-state index < -0.39 is 17.8 Å². The Bertz CT molecular complexity index is 515. The van der Waals surface area contributed by atoms with Crippen LogP contribution in [-0.4, -0.2) is 24.4 Å². The van der Waals surface area contributed by atoms with Crippen molar-refractivity contribution in [2.75, 3.05) is 6.61 Å². The second-order valence-electron chi connectivity index (χ2n) is 3.91. The fourth-order valence-corrected chi connectivity index (χ4v) is 1.84. The number of aryl methyl sites for hydroxylation is 1. The third kappa shape index (κ3) is 4.55. The Balaban J connectivity index is 2.92. The van der Waals surface area contributed by atoms with Crippen LogP contribution in [0.15, 0.2) is 32.9 Å². The molecule has 0 fully saturated rings. The largest absolute Gasteiger partial charge is 0.464 e. The van der Waals surface area contributed by atoms with E-state index in [4.69, 9.17) is 4.74 Å². The molecule has 0 N–H and O–H groups in total. The average molecular weight is 327 g/mol. The molecule has 0 aliphatic carbocycles. The molecule has 0 saturated heterocycles. The lowest BCUT2D eigenvalue weighted by Crippen LogP contribution is -2.28. The van der Waals surface area contributed by atoms with E-state index in [0.29, 0.717) is 5.69 Å². The topological polar surface area (TPSA) is 68.1 Å². The van der Waals surface area contributed by atoms with Crippen LogP contribution in [0.25, 0.3) is 0 Å². The monoisotopic (exact) mass is 326 g/mol. The van der Waals surface area contributed by atoms with Crippen LogP contribution >= 0.6 is 15.9 Å². The number of halogens is 1. The summed E-state index contributed by atoms with van der Waals surface area (Å²) in [5.41, 5.74) is 1.50. The van der Waals surface area contributed by atoms with Gasteiger partial charge in [0.1, 0.15) is 0 Å². The molecule has 0 heterocycles. The summed E-state index contributed by atoms with van der Waals surface area (Å²) >= 11 is 3.34. The summed E-state index contributed by atoms with van der Waals surface area (Å²) in [6.45, 7) is 5.03. The van der Waals surface area contributed by atoms with Crippen LogP contribution in [0, 0.1) is 6.92 Å². The fourth-order valence-electron chi connectivity index (χ4n) is 1.37. The van der Waals surface area contributed by atoms with Crippen molar-refractivity contribution in [1.29, 1.82) is 0 Å². The lowest BCUT2D eigenvalue weighted by atomic mass is 10.2. The third-order valence-corrected chi connectivity index (χ3v) is 2.83. The van der Waals surface area contributed by atoms with Crippen LogP contribution in [0.4, 0.5) is 5.69 Å². The molecule has 5 nitrogen and oxygen atoms in total. The van der Waals surface area contributed by atoms with E-state index in [9.17, 15) is 9.59 Å². The number of ether oxygens (including phenoxy) is 1. The van der Waals surface area contributed by atoms with Gasteiger partial charge >= 0.3 is 5.97 Å². The first-order valence-corrected chi connectivity index (χ1v) is 6.59. The van der Waals surface area contributed by atoms with Gasteiger partial charge in [-0.1, -0.05) is 15.9 Å². The van der Waals surface area contributed by atoms with Crippen LogP contribution in [0.2, 0.25) is 0 Å². The van der Waals surface area contributed by atoms with Crippen LogP contribution in [0.1, 0.15) is 19.4 Å². The zero-order valence-electron chi connectivity index (χ0n) is 11.0. The molecular weight excluding hydrogens is 312 g/mol. The molecule has 1 unspecified atom stereocenters. The first-order chi connectivity index (χ1) is 8.95. The van der Waals surface area contributed by atoms with Crippen molar-refractivity contribution in [3.8, 4) is 0 Å². The summed E-state index contributed by atoms with van der Waals surface area (Å²) in [5.74, 6) is -1.06. The minimum absolute atomic E-state index is 0.204. The normalized spacial score (nSPS) is 12.4.